The minimum absolute atomic E-state index is 0.150. The molecule has 118 valence electrons. The van der Waals surface area contributed by atoms with Crippen LogP contribution in [0.3, 0.4) is 0 Å². The normalized spacial score (nSPS) is 14.3. The molecular weight excluding hydrogens is 306 g/mol. The molecule has 1 aromatic carbocycles. The molecule has 1 aliphatic rings. The van der Waals surface area contributed by atoms with Crippen LogP contribution < -0.4 is 0 Å². The average Bonchev–Trinajstić information content (AvgIpc) is 3.23. The Labute approximate surface area is 139 Å². The van der Waals surface area contributed by atoms with E-state index in [0.717, 1.165) is 33.6 Å². The lowest BCUT2D eigenvalue weighted by Crippen LogP contribution is -2.32. The molecule has 2 aromatic heterocycles. The first-order valence-corrected chi connectivity index (χ1v) is 8.73. The topological polar surface area (TPSA) is 38.1 Å². The molecule has 0 spiro atoms. The average molecular weight is 325 g/mol. The minimum atomic E-state index is 0.150. The lowest BCUT2D eigenvalue weighted by atomic mass is 10.2. The van der Waals surface area contributed by atoms with Gasteiger partial charge in [-0.2, -0.15) is 5.10 Å². The molecule has 0 unspecified atom stereocenters. The summed E-state index contributed by atoms with van der Waals surface area (Å²) in [6.07, 6.45) is 2.23. The summed E-state index contributed by atoms with van der Waals surface area (Å²) in [5, 5.41) is 5.51. The highest BCUT2D eigenvalue weighted by Gasteiger charge is 2.34. The Morgan fingerprint density at radius 1 is 1.35 bits per heavy atom. The molecule has 5 heteroatoms. The number of hydrogen-bond acceptors (Lipinski definition) is 3. The van der Waals surface area contributed by atoms with Gasteiger partial charge in [0.15, 0.2) is 0 Å². The standard InChI is InChI=1S/C18H19N3OS/c1-12-15-10-16(23-18(15)20(2)19-12)17(22)21(14-8-9-14)11-13-6-4-3-5-7-13/h3-7,10,14H,8-9,11H2,1-2H3. The van der Waals surface area contributed by atoms with Crippen molar-refractivity contribution in [3.63, 3.8) is 0 Å². The number of hydrogen-bond donors (Lipinski definition) is 0. The van der Waals surface area contributed by atoms with Gasteiger partial charge in [0.25, 0.3) is 5.91 Å². The molecule has 0 bridgehead atoms. The Bertz CT molecular complexity index is 827. The van der Waals surface area contributed by atoms with Crippen LogP contribution in [0.1, 0.15) is 33.8 Å². The van der Waals surface area contributed by atoms with Crippen molar-refractivity contribution in [2.24, 2.45) is 7.05 Å². The number of thiophene rings is 1. The highest BCUT2D eigenvalue weighted by molar-refractivity contribution is 7.20. The van der Waals surface area contributed by atoms with Crippen LogP contribution in [-0.2, 0) is 13.6 Å². The van der Waals surface area contributed by atoms with Gasteiger partial charge in [0, 0.05) is 25.0 Å². The van der Waals surface area contributed by atoms with Gasteiger partial charge in [-0.3, -0.25) is 9.48 Å². The minimum Gasteiger partial charge on any atom is -0.331 e. The van der Waals surface area contributed by atoms with Crippen molar-refractivity contribution in [1.82, 2.24) is 14.7 Å². The van der Waals surface area contributed by atoms with Crippen molar-refractivity contribution in [2.45, 2.75) is 32.4 Å². The fourth-order valence-corrected chi connectivity index (χ4v) is 4.06. The summed E-state index contributed by atoms with van der Waals surface area (Å²) in [4.78, 5) is 16.9. The van der Waals surface area contributed by atoms with Crippen molar-refractivity contribution >= 4 is 27.5 Å². The van der Waals surface area contributed by atoms with Crippen molar-refractivity contribution in [1.29, 1.82) is 0 Å². The third-order valence-corrected chi connectivity index (χ3v) is 5.54. The number of nitrogens with zero attached hydrogens (tertiary/aromatic N) is 3. The van der Waals surface area contributed by atoms with Crippen LogP contribution in [0.25, 0.3) is 10.2 Å². The molecule has 0 aliphatic heterocycles. The molecule has 1 fully saturated rings. The van der Waals surface area contributed by atoms with E-state index in [1.54, 1.807) is 11.3 Å². The molecule has 2 heterocycles. The van der Waals surface area contributed by atoms with Crippen molar-refractivity contribution in [2.75, 3.05) is 0 Å². The highest BCUT2D eigenvalue weighted by Crippen LogP contribution is 2.33. The SMILES string of the molecule is Cc1nn(C)c2sc(C(=O)N(Cc3ccccc3)C3CC3)cc12. The molecule has 4 rings (SSSR count). The third-order valence-electron chi connectivity index (χ3n) is 4.35. The lowest BCUT2D eigenvalue weighted by molar-refractivity contribution is 0.0735. The predicted octanol–water partition coefficient (Wildman–Crippen LogP) is 3.75. The van der Waals surface area contributed by atoms with Gasteiger partial charge in [-0.25, -0.2) is 0 Å². The van der Waals surface area contributed by atoms with Crippen molar-refractivity contribution in [3.8, 4) is 0 Å². The number of fused-ring (bicyclic) bond motifs is 1. The quantitative estimate of drug-likeness (QED) is 0.733. The summed E-state index contributed by atoms with van der Waals surface area (Å²) in [6.45, 7) is 2.68. The van der Waals surface area contributed by atoms with E-state index in [0.29, 0.717) is 12.6 Å². The zero-order valence-electron chi connectivity index (χ0n) is 13.3. The maximum atomic E-state index is 13.0. The molecule has 1 aliphatic carbocycles. The van der Waals surface area contributed by atoms with Gasteiger partial charge in [-0.15, -0.1) is 11.3 Å². The first kappa shape index (κ1) is 14.5. The van der Waals surface area contributed by atoms with Gasteiger partial charge < -0.3 is 4.90 Å². The number of aryl methyl sites for hydroxylation is 2. The number of carbonyl (C=O) groups is 1. The number of carbonyl (C=O) groups excluding carboxylic acids is 1. The summed E-state index contributed by atoms with van der Waals surface area (Å²) >= 11 is 1.55. The summed E-state index contributed by atoms with van der Waals surface area (Å²) in [5.74, 6) is 0.150. The van der Waals surface area contributed by atoms with E-state index in [2.05, 4.69) is 17.2 Å². The van der Waals surface area contributed by atoms with Gasteiger partial charge in [0.2, 0.25) is 0 Å². The number of benzene rings is 1. The van der Waals surface area contributed by atoms with Crippen LogP contribution in [0.4, 0.5) is 0 Å². The fraction of sp³-hybridized carbons (Fsp3) is 0.333. The van der Waals surface area contributed by atoms with Crippen molar-refractivity contribution in [3.05, 3.63) is 52.5 Å². The van der Waals surface area contributed by atoms with E-state index in [1.807, 2.05) is 47.8 Å². The third kappa shape index (κ3) is 2.65. The zero-order valence-corrected chi connectivity index (χ0v) is 14.1. The summed E-state index contributed by atoms with van der Waals surface area (Å²) in [5.41, 5.74) is 2.17. The second-order valence-corrected chi connectivity index (χ2v) is 7.22. The first-order chi connectivity index (χ1) is 11.1. The van der Waals surface area contributed by atoms with E-state index in [1.165, 1.54) is 5.56 Å². The Kier molecular flexibility index (Phi) is 3.45. The second kappa shape index (κ2) is 5.49. The molecule has 0 saturated heterocycles. The Morgan fingerprint density at radius 3 is 2.74 bits per heavy atom. The van der Waals surface area contributed by atoms with E-state index < -0.39 is 0 Å². The molecular formula is C18H19N3OS. The van der Waals surface area contributed by atoms with Gasteiger partial charge in [0.1, 0.15) is 4.83 Å². The van der Waals surface area contributed by atoms with Crippen LogP contribution in [0.5, 0.6) is 0 Å². The maximum absolute atomic E-state index is 13.0. The molecule has 1 amide bonds. The Balaban J connectivity index is 1.65. The van der Waals surface area contributed by atoms with Gasteiger partial charge >= 0.3 is 0 Å². The molecule has 0 N–H and O–H groups in total. The predicted molar refractivity (Wildman–Crippen MR) is 92.7 cm³/mol. The van der Waals surface area contributed by atoms with Crippen LogP contribution >= 0.6 is 11.3 Å². The largest absolute Gasteiger partial charge is 0.331 e. The molecule has 1 saturated carbocycles. The molecule has 0 radical (unpaired) electrons. The zero-order chi connectivity index (χ0) is 16.0. The number of aromatic nitrogens is 2. The molecule has 0 atom stereocenters. The van der Waals surface area contributed by atoms with Crippen LogP contribution in [-0.4, -0.2) is 26.6 Å². The number of rotatable bonds is 4. The maximum Gasteiger partial charge on any atom is 0.264 e. The lowest BCUT2D eigenvalue weighted by Gasteiger charge is -2.21. The summed E-state index contributed by atoms with van der Waals surface area (Å²) in [7, 11) is 1.93. The first-order valence-electron chi connectivity index (χ1n) is 7.91. The van der Waals surface area contributed by atoms with Crippen LogP contribution in [0.2, 0.25) is 0 Å². The molecule has 3 aromatic rings. The van der Waals surface area contributed by atoms with Crippen LogP contribution in [0, 0.1) is 6.92 Å². The summed E-state index contributed by atoms with van der Waals surface area (Å²) in [6, 6.07) is 12.6. The monoisotopic (exact) mass is 325 g/mol. The summed E-state index contributed by atoms with van der Waals surface area (Å²) < 4.78 is 1.87. The highest BCUT2D eigenvalue weighted by atomic mass is 32.1. The smallest absolute Gasteiger partial charge is 0.264 e. The van der Waals surface area contributed by atoms with E-state index >= 15 is 0 Å². The van der Waals surface area contributed by atoms with E-state index in [-0.39, 0.29) is 5.91 Å². The number of amides is 1. The molecule has 4 nitrogen and oxygen atoms in total. The van der Waals surface area contributed by atoms with Crippen molar-refractivity contribution < 1.29 is 4.79 Å². The van der Waals surface area contributed by atoms with Crippen LogP contribution in [0.15, 0.2) is 36.4 Å². The second-order valence-electron chi connectivity index (χ2n) is 6.19. The van der Waals surface area contributed by atoms with E-state index in [9.17, 15) is 4.79 Å². The van der Waals surface area contributed by atoms with Gasteiger partial charge in [0.05, 0.1) is 10.6 Å². The van der Waals surface area contributed by atoms with Gasteiger partial charge in [-0.05, 0) is 31.4 Å². The van der Waals surface area contributed by atoms with Gasteiger partial charge in [-0.1, -0.05) is 30.3 Å². The Hall–Kier alpha value is -2.14. The Morgan fingerprint density at radius 2 is 2.09 bits per heavy atom. The molecule has 23 heavy (non-hydrogen) atoms. The fourth-order valence-electron chi connectivity index (χ4n) is 2.99. The van der Waals surface area contributed by atoms with E-state index in [4.69, 9.17) is 0 Å².